The Morgan fingerprint density at radius 3 is 2.94 bits per heavy atom. The number of rotatable bonds is 3. The van der Waals surface area contributed by atoms with Crippen molar-refractivity contribution in [2.45, 2.75) is 31.7 Å². The van der Waals surface area contributed by atoms with Crippen molar-refractivity contribution >= 4 is 10.8 Å². The summed E-state index contributed by atoms with van der Waals surface area (Å²) in [6.45, 7) is 0. The average Bonchev–Trinajstić information content (AvgIpc) is 2.33. The number of hydrogen-bond acceptors (Lipinski definition) is 2. The molecule has 0 bridgehead atoms. The van der Waals surface area contributed by atoms with E-state index in [1.165, 1.54) is 35.6 Å². The molecule has 0 saturated heterocycles. The van der Waals surface area contributed by atoms with Crippen molar-refractivity contribution in [1.82, 2.24) is 4.98 Å². The molecule has 2 heteroatoms. The fraction of sp³-hybridized carbons (Fsp3) is 0.400. The maximum atomic E-state index is 6.35. The van der Waals surface area contributed by atoms with Crippen molar-refractivity contribution in [2.24, 2.45) is 11.7 Å². The number of aromatic nitrogens is 1. The van der Waals surface area contributed by atoms with E-state index in [1.54, 1.807) is 0 Å². The van der Waals surface area contributed by atoms with Crippen LogP contribution in [0.4, 0.5) is 0 Å². The lowest BCUT2D eigenvalue weighted by Gasteiger charge is -2.28. The van der Waals surface area contributed by atoms with Crippen LogP contribution in [-0.4, -0.2) is 4.98 Å². The van der Waals surface area contributed by atoms with E-state index in [4.69, 9.17) is 5.73 Å². The molecule has 1 saturated carbocycles. The minimum absolute atomic E-state index is 0.173. The van der Waals surface area contributed by atoms with Crippen LogP contribution >= 0.6 is 0 Å². The van der Waals surface area contributed by atoms with Gasteiger partial charge in [0.1, 0.15) is 0 Å². The van der Waals surface area contributed by atoms with Crippen LogP contribution < -0.4 is 5.73 Å². The number of benzene rings is 1. The Morgan fingerprint density at radius 2 is 2.18 bits per heavy atom. The third kappa shape index (κ3) is 2.05. The predicted octanol–water partition coefficient (Wildman–Crippen LogP) is 3.42. The first kappa shape index (κ1) is 10.7. The molecule has 1 aliphatic carbocycles. The summed E-state index contributed by atoms with van der Waals surface area (Å²) >= 11 is 0. The van der Waals surface area contributed by atoms with Gasteiger partial charge in [0.25, 0.3) is 0 Å². The van der Waals surface area contributed by atoms with E-state index in [2.05, 4.69) is 29.2 Å². The van der Waals surface area contributed by atoms with Crippen LogP contribution in [0.3, 0.4) is 0 Å². The van der Waals surface area contributed by atoms with Gasteiger partial charge in [-0.25, -0.2) is 0 Å². The van der Waals surface area contributed by atoms with Gasteiger partial charge in [-0.1, -0.05) is 37.5 Å². The minimum atomic E-state index is 0.173. The summed E-state index contributed by atoms with van der Waals surface area (Å²) in [6.07, 6.45) is 9.00. The molecule has 2 nitrogen and oxygen atoms in total. The molecule has 0 amide bonds. The van der Waals surface area contributed by atoms with Gasteiger partial charge in [0.05, 0.1) is 0 Å². The number of nitrogens with two attached hydrogens (primary N) is 1. The molecule has 88 valence electrons. The molecule has 1 unspecified atom stereocenters. The monoisotopic (exact) mass is 226 g/mol. The number of nitrogens with zero attached hydrogens (tertiary/aromatic N) is 1. The quantitative estimate of drug-likeness (QED) is 0.870. The largest absolute Gasteiger partial charge is 0.324 e. The molecule has 1 aromatic carbocycles. The Labute approximate surface area is 102 Å². The van der Waals surface area contributed by atoms with E-state index in [1.807, 2.05) is 12.4 Å². The fourth-order valence-electron chi connectivity index (χ4n) is 2.69. The fourth-order valence-corrected chi connectivity index (χ4v) is 2.69. The molecule has 2 aromatic rings. The molecular weight excluding hydrogens is 208 g/mol. The lowest BCUT2D eigenvalue weighted by Crippen LogP contribution is -2.20. The van der Waals surface area contributed by atoms with Crippen molar-refractivity contribution in [3.05, 3.63) is 42.2 Å². The highest BCUT2D eigenvalue weighted by Gasteiger charge is 2.21. The SMILES string of the molecule is NC(CC1CCC1)c1cccc2cnccc12. The van der Waals surface area contributed by atoms with Gasteiger partial charge in [-0.05, 0) is 29.4 Å². The Bertz CT molecular complexity index is 512. The van der Waals surface area contributed by atoms with Crippen LogP contribution in [-0.2, 0) is 0 Å². The Balaban J connectivity index is 1.92. The maximum Gasteiger partial charge on any atom is 0.0346 e. The first-order valence-corrected chi connectivity index (χ1v) is 6.43. The third-order valence-electron chi connectivity index (χ3n) is 3.93. The lowest BCUT2D eigenvalue weighted by atomic mass is 9.79. The summed E-state index contributed by atoms with van der Waals surface area (Å²) in [7, 11) is 0. The van der Waals surface area contributed by atoms with Crippen molar-refractivity contribution < 1.29 is 0 Å². The van der Waals surface area contributed by atoms with Gasteiger partial charge in [0.15, 0.2) is 0 Å². The van der Waals surface area contributed by atoms with E-state index in [9.17, 15) is 0 Å². The van der Waals surface area contributed by atoms with Crippen LogP contribution in [0.1, 0.15) is 37.3 Å². The number of hydrogen-bond donors (Lipinski definition) is 1. The van der Waals surface area contributed by atoms with E-state index in [0.717, 1.165) is 12.3 Å². The smallest absolute Gasteiger partial charge is 0.0346 e. The molecule has 3 rings (SSSR count). The summed E-state index contributed by atoms with van der Waals surface area (Å²) in [6, 6.07) is 8.59. The predicted molar refractivity (Wildman–Crippen MR) is 70.6 cm³/mol. The van der Waals surface area contributed by atoms with Crippen molar-refractivity contribution in [3.8, 4) is 0 Å². The van der Waals surface area contributed by atoms with Crippen LogP contribution in [0.2, 0.25) is 0 Å². The van der Waals surface area contributed by atoms with Crippen LogP contribution in [0.15, 0.2) is 36.7 Å². The van der Waals surface area contributed by atoms with E-state index in [0.29, 0.717) is 0 Å². The van der Waals surface area contributed by atoms with Gasteiger partial charge in [-0.2, -0.15) is 0 Å². The number of fused-ring (bicyclic) bond motifs is 1. The Morgan fingerprint density at radius 1 is 1.29 bits per heavy atom. The van der Waals surface area contributed by atoms with E-state index >= 15 is 0 Å². The highest BCUT2D eigenvalue weighted by Crippen LogP contribution is 2.35. The van der Waals surface area contributed by atoms with E-state index < -0.39 is 0 Å². The first-order chi connectivity index (χ1) is 8.34. The molecular formula is C15H18N2. The van der Waals surface area contributed by atoms with Gasteiger partial charge in [0.2, 0.25) is 0 Å². The minimum Gasteiger partial charge on any atom is -0.324 e. The third-order valence-corrected chi connectivity index (χ3v) is 3.93. The second-order valence-electron chi connectivity index (χ2n) is 5.08. The summed E-state index contributed by atoms with van der Waals surface area (Å²) in [4.78, 5) is 4.16. The Hall–Kier alpha value is -1.41. The summed E-state index contributed by atoms with van der Waals surface area (Å²) < 4.78 is 0. The Kier molecular flexibility index (Phi) is 2.81. The summed E-state index contributed by atoms with van der Waals surface area (Å²) in [5, 5.41) is 2.45. The normalized spacial score (nSPS) is 17.9. The van der Waals surface area contributed by atoms with Crippen molar-refractivity contribution in [3.63, 3.8) is 0 Å². The first-order valence-electron chi connectivity index (χ1n) is 6.43. The number of pyridine rings is 1. The molecule has 0 radical (unpaired) electrons. The van der Waals surface area contributed by atoms with Crippen molar-refractivity contribution in [1.29, 1.82) is 0 Å². The molecule has 1 aliphatic rings. The topological polar surface area (TPSA) is 38.9 Å². The average molecular weight is 226 g/mol. The van der Waals surface area contributed by atoms with Gasteiger partial charge in [-0.15, -0.1) is 0 Å². The molecule has 0 spiro atoms. The summed E-state index contributed by atoms with van der Waals surface area (Å²) in [5.41, 5.74) is 7.63. The van der Waals surface area contributed by atoms with Crippen LogP contribution in [0.5, 0.6) is 0 Å². The molecule has 2 N–H and O–H groups in total. The van der Waals surface area contributed by atoms with Crippen LogP contribution in [0.25, 0.3) is 10.8 Å². The summed E-state index contributed by atoms with van der Waals surface area (Å²) in [5.74, 6) is 0.849. The second-order valence-corrected chi connectivity index (χ2v) is 5.08. The van der Waals surface area contributed by atoms with Crippen molar-refractivity contribution in [2.75, 3.05) is 0 Å². The van der Waals surface area contributed by atoms with Gasteiger partial charge >= 0.3 is 0 Å². The zero-order chi connectivity index (χ0) is 11.7. The lowest BCUT2D eigenvalue weighted by molar-refractivity contribution is 0.278. The molecule has 17 heavy (non-hydrogen) atoms. The highest BCUT2D eigenvalue weighted by atomic mass is 14.6. The van der Waals surface area contributed by atoms with Gasteiger partial charge in [-0.3, -0.25) is 4.98 Å². The molecule has 1 atom stereocenters. The molecule has 1 fully saturated rings. The zero-order valence-corrected chi connectivity index (χ0v) is 9.97. The van der Waals surface area contributed by atoms with Gasteiger partial charge in [0, 0.05) is 23.8 Å². The molecule has 1 aromatic heterocycles. The standard InChI is InChI=1S/C15H18N2/c16-15(9-11-3-1-4-11)14-6-2-5-12-10-17-8-7-13(12)14/h2,5-8,10-11,15H,1,3-4,9,16H2. The maximum absolute atomic E-state index is 6.35. The molecule has 1 heterocycles. The zero-order valence-electron chi connectivity index (χ0n) is 9.97. The highest BCUT2D eigenvalue weighted by molar-refractivity contribution is 5.85. The van der Waals surface area contributed by atoms with Gasteiger partial charge < -0.3 is 5.73 Å². The van der Waals surface area contributed by atoms with Crippen LogP contribution in [0, 0.1) is 5.92 Å². The second kappa shape index (κ2) is 4.46. The van der Waals surface area contributed by atoms with E-state index in [-0.39, 0.29) is 6.04 Å². The molecule has 0 aliphatic heterocycles.